The summed E-state index contributed by atoms with van der Waals surface area (Å²) in [7, 11) is 0. The molecule has 0 amide bonds. The first-order valence-corrected chi connectivity index (χ1v) is 11.7. The Labute approximate surface area is 197 Å². The molecule has 0 fully saturated rings. The second-order valence-corrected chi connectivity index (χ2v) is 8.56. The van der Waals surface area contributed by atoms with E-state index in [1.807, 2.05) is 32.1 Å². The Kier molecular flexibility index (Phi) is 14.2. The Hall–Kier alpha value is -2.45. The second-order valence-electron chi connectivity index (χ2n) is 8.56. The predicted octanol–water partition coefficient (Wildman–Crippen LogP) is 8.15. The molecule has 0 atom stereocenters. The molecular formula is C30H44O2. The van der Waals surface area contributed by atoms with Crippen molar-refractivity contribution in [1.82, 2.24) is 0 Å². The van der Waals surface area contributed by atoms with Gasteiger partial charge in [0.05, 0.1) is 6.61 Å². The number of rotatable bonds is 6. The summed E-state index contributed by atoms with van der Waals surface area (Å²) >= 11 is 0. The molecule has 0 aliphatic rings. The van der Waals surface area contributed by atoms with Gasteiger partial charge in [-0.15, -0.1) is 0 Å². The lowest BCUT2D eigenvalue weighted by molar-refractivity contribution is -0.115. The number of allylic oxidation sites excluding steroid dienone is 3. The minimum absolute atomic E-state index is 0.141. The summed E-state index contributed by atoms with van der Waals surface area (Å²) in [5, 5.41) is 8.88. The fraction of sp³-hybridized carbons (Fsp3) is 0.433. The van der Waals surface area contributed by atoms with Gasteiger partial charge in [0.25, 0.3) is 0 Å². The zero-order chi connectivity index (χ0) is 24.8. The third kappa shape index (κ3) is 10.2. The highest BCUT2D eigenvalue weighted by atomic mass is 16.3. The molecule has 0 saturated heterocycles. The Morgan fingerprint density at radius 1 is 0.938 bits per heavy atom. The van der Waals surface area contributed by atoms with Crippen LogP contribution in [0.3, 0.4) is 0 Å². The molecule has 2 aromatic rings. The van der Waals surface area contributed by atoms with Crippen LogP contribution in [0.2, 0.25) is 0 Å². The van der Waals surface area contributed by atoms with Crippen LogP contribution < -0.4 is 0 Å². The Morgan fingerprint density at radius 2 is 1.47 bits per heavy atom. The molecule has 0 heterocycles. The second kappa shape index (κ2) is 15.4. The van der Waals surface area contributed by atoms with Crippen LogP contribution in [0.15, 0.2) is 48.6 Å². The highest BCUT2D eigenvalue weighted by molar-refractivity contribution is 5.97. The van der Waals surface area contributed by atoms with Gasteiger partial charge < -0.3 is 5.11 Å². The lowest BCUT2D eigenvalue weighted by atomic mass is 9.97. The highest BCUT2D eigenvalue weighted by Crippen LogP contribution is 2.21. The first-order chi connectivity index (χ1) is 15.0. The standard InChI is InChI=1S/C17H22O.C10H14O.C3H8/c1-6-7-17(18)15(5)11-14(4)16-10-12(2)8-9-13(16)3;1-7-4-10(6-11)5-8(2)9(7)3;1-3-2/h8-11H,4,6-7H2,1-3,5H3;4-5,11H,6H2,1-3H3;3H2,1-2H3/b15-11+;;. The molecule has 0 aliphatic carbocycles. The van der Waals surface area contributed by atoms with E-state index < -0.39 is 0 Å². The highest BCUT2D eigenvalue weighted by Gasteiger charge is 2.06. The summed E-state index contributed by atoms with van der Waals surface area (Å²) in [6.45, 7) is 22.7. The van der Waals surface area contributed by atoms with Crippen LogP contribution >= 0.6 is 0 Å². The molecule has 2 heteroatoms. The topological polar surface area (TPSA) is 37.3 Å². The van der Waals surface area contributed by atoms with E-state index in [0.29, 0.717) is 6.42 Å². The van der Waals surface area contributed by atoms with Crippen molar-refractivity contribution in [3.05, 3.63) is 87.5 Å². The van der Waals surface area contributed by atoms with E-state index in [1.54, 1.807) is 0 Å². The van der Waals surface area contributed by atoms with Crippen LogP contribution in [0.4, 0.5) is 0 Å². The number of Topliss-reactive ketones (excluding diaryl/α,β-unsaturated/α-hetero) is 1. The number of ketones is 1. The van der Waals surface area contributed by atoms with Gasteiger partial charge in [0.2, 0.25) is 0 Å². The summed E-state index contributed by atoms with van der Waals surface area (Å²) in [6, 6.07) is 10.4. The lowest BCUT2D eigenvalue weighted by Gasteiger charge is -2.08. The maximum atomic E-state index is 11.8. The van der Waals surface area contributed by atoms with Gasteiger partial charge in [0, 0.05) is 6.42 Å². The molecule has 2 rings (SSSR count). The van der Waals surface area contributed by atoms with E-state index in [4.69, 9.17) is 5.11 Å². The van der Waals surface area contributed by atoms with E-state index >= 15 is 0 Å². The van der Waals surface area contributed by atoms with Crippen molar-refractivity contribution in [3.63, 3.8) is 0 Å². The SMILES string of the molecule is C=C(/C=C(\C)C(=O)CCC)c1cc(C)ccc1C.CCC.Cc1cc(CO)cc(C)c1C. The number of carbonyl (C=O) groups is 1. The summed E-state index contributed by atoms with van der Waals surface area (Å²) in [5.41, 5.74) is 10.1. The number of aliphatic hydroxyl groups excluding tert-OH is 1. The van der Waals surface area contributed by atoms with Gasteiger partial charge in [-0.3, -0.25) is 4.79 Å². The molecule has 0 saturated carbocycles. The van der Waals surface area contributed by atoms with E-state index in [9.17, 15) is 4.79 Å². The minimum Gasteiger partial charge on any atom is -0.392 e. The van der Waals surface area contributed by atoms with Crippen LogP contribution in [0, 0.1) is 34.6 Å². The molecule has 1 N–H and O–H groups in total. The maximum Gasteiger partial charge on any atom is 0.158 e. The molecule has 0 unspecified atom stereocenters. The lowest BCUT2D eigenvalue weighted by Crippen LogP contribution is -1.99. The summed E-state index contributed by atoms with van der Waals surface area (Å²) in [6.07, 6.45) is 4.65. The molecule has 32 heavy (non-hydrogen) atoms. The van der Waals surface area contributed by atoms with Crippen LogP contribution in [-0.4, -0.2) is 10.9 Å². The molecule has 176 valence electrons. The largest absolute Gasteiger partial charge is 0.392 e. The van der Waals surface area contributed by atoms with E-state index in [-0.39, 0.29) is 12.4 Å². The van der Waals surface area contributed by atoms with Crippen molar-refractivity contribution in [2.75, 3.05) is 0 Å². The molecular weight excluding hydrogens is 392 g/mol. The fourth-order valence-electron chi connectivity index (χ4n) is 3.14. The van der Waals surface area contributed by atoms with E-state index in [1.165, 1.54) is 34.2 Å². The van der Waals surface area contributed by atoms with Crippen molar-refractivity contribution in [3.8, 4) is 0 Å². The maximum absolute atomic E-state index is 11.8. The summed E-state index contributed by atoms with van der Waals surface area (Å²) < 4.78 is 0. The Morgan fingerprint density at radius 3 is 1.94 bits per heavy atom. The predicted molar refractivity (Wildman–Crippen MR) is 141 cm³/mol. The van der Waals surface area contributed by atoms with Crippen molar-refractivity contribution in [2.24, 2.45) is 0 Å². The number of benzene rings is 2. The number of hydrogen-bond donors (Lipinski definition) is 1. The Balaban J connectivity index is 0.000000582. The first kappa shape index (κ1) is 29.5. The van der Waals surface area contributed by atoms with Gasteiger partial charge in [0.15, 0.2) is 5.78 Å². The molecule has 0 spiro atoms. The number of aryl methyl sites for hydroxylation is 4. The zero-order valence-electron chi connectivity index (χ0n) is 21.9. The number of hydrogen-bond acceptors (Lipinski definition) is 2. The quantitative estimate of drug-likeness (QED) is 0.366. The minimum atomic E-state index is 0.141. The van der Waals surface area contributed by atoms with Crippen molar-refractivity contribution < 1.29 is 9.90 Å². The zero-order valence-corrected chi connectivity index (χ0v) is 21.9. The van der Waals surface area contributed by atoms with Crippen molar-refractivity contribution in [1.29, 1.82) is 0 Å². The third-order valence-electron chi connectivity index (χ3n) is 5.22. The van der Waals surface area contributed by atoms with Gasteiger partial charge in [-0.1, -0.05) is 69.7 Å². The third-order valence-corrected chi connectivity index (χ3v) is 5.22. The Bertz CT molecular complexity index is 893. The first-order valence-electron chi connectivity index (χ1n) is 11.7. The van der Waals surface area contributed by atoms with Gasteiger partial charge in [-0.05, 0) is 98.6 Å². The van der Waals surface area contributed by atoms with Crippen LogP contribution in [-0.2, 0) is 11.4 Å². The molecule has 0 radical (unpaired) electrons. The van der Waals surface area contributed by atoms with Gasteiger partial charge in [0.1, 0.15) is 0 Å². The van der Waals surface area contributed by atoms with Crippen LogP contribution in [0.1, 0.15) is 85.9 Å². The van der Waals surface area contributed by atoms with Crippen LogP contribution in [0.5, 0.6) is 0 Å². The van der Waals surface area contributed by atoms with Crippen molar-refractivity contribution in [2.45, 2.75) is 88.2 Å². The van der Waals surface area contributed by atoms with Gasteiger partial charge in [-0.2, -0.15) is 0 Å². The normalized spacial score (nSPS) is 10.5. The average molecular weight is 437 g/mol. The smallest absolute Gasteiger partial charge is 0.158 e. The number of carbonyl (C=O) groups excluding carboxylic acids is 1. The fourth-order valence-corrected chi connectivity index (χ4v) is 3.14. The molecule has 0 aliphatic heterocycles. The summed E-state index contributed by atoms with van der Waals surface area (Å²) in [4.78, 5) is 11.8. The van der Waals surface area contributed by atoms with Crippen molar-refractivity contribution >= 4 is 11.4 Å². The van der Waals surface area contributed by atoms with Crippen LogP contribution in [0.25, 0.3) is 5.57 Å². The molecule has 0 aromatic heterocycles. The van der Waals surface area contributed by atoms with E-state index in [0.717, 1.165) is 28.7 Å². The van der Waals surface area contributed by atoms with Gasteiger partial charge >= 0.3 is 0 Å². The molecule has 0 bridgehead atoms. The molecule has 2 nitrogen and oxygen atoms in total. The van der Waals surface area contributed by atoms with E-state index in [2.05, 4.69) is 73.2 Å². The molecule has 2 aromatic carbocycles. The monoisotopic (exact) mass is 436 g/mol. The van der Waals surface area contributed by atoms with Gasteiger partial charge in [-0.25, -0.2) is 0 Å². The summed E-state index contributed by atoms with van der Waals surface area (Å²) in [5.74, 6) is 0.212. The average Bonchev–Trinajstić information content (AvgIpc) is 2.74. The number of aliphatic hydroxyl groups is 1.